The molecule has 0 saturated heterocycles. The van der Waals surface area contributed by atoms with Gasteiger partial charge in [-0.05, 0) is 18.4 Å². The third-order valence-corrected chi connectivity index (χ3v) is 4.26. The zero-order valence-corrected chi connectivity index (χ0v) is 12.0. The minimum absolute atomic E-state index is 0.0126. The van der Waals surface area contributed by atoms with Crippen molar-refractivity contribution in [2.24, 2.45) is 5.41 Å². The maximum atomic E-state index is 12.1. The summed E-state index contributed by atoms with van der Waals surface area (Å²) in [5.41, 5.74) is 0.338. The van der Waals surface area contributed by atoms with Crippen LogP contribution in [0.25, 0.3) is 0 Å². The number of carbonyl (C=O) groups is 1. The number of hydrogen-bond donors (Lipinski definition) is 2. The predicted molar refractivity (Wildman–Crippen MR) is 77.8 cm³/mol. The number of benzene rings is 1. The molecule has 1 aliphatic rings. The number of nitrogens with zero attached hydrogens (tertiary/aromatic N) is 1. The molecule has 0 bridgehead atoms. The summed E-state index contributed by atoms with van der Waals surface area (Å²) in [6.07, 6.45) is 2.85. The molecule has 2 atom stereocenters. The molecular weight excluding hydrogens is 272 g/mol. The maximum Gasteiger partial charge on any atom is 0.269 e. The molecule has 0 unspecified atom stereocenters. The highest BCUT2D eigenvalue weighted by atomic mass is 16.6. The van der Waals surface area contributed by atoms with Crippen LogP contribution in [0.5, 0.6) is 0 Å². The molecule has 1 fully saturated rings. The Labute approximate surface area is 123 Å². The number of carbonyl (C=O) groups excluding carboxylic acids is 1. The SMILES string of the molecule is C[C@]1(CO)CCC[C@H]1NC(=O)Cc1cccc([N+](=O)[O-])c1. The van der Waals surface area contributed by atoms with Crippen LogP contribution in [0.4, 0.5) is 5.69 Å². The largest absolute Gasteiger partial charge is 0.396 e. The lowest BCUT2D eigenvalue weighted by Gasteiger charge is -2.30. The van der Waals surface area contributed by atoms with Gasteiger partial charge in [-0.1, -0.05) is 25.5 Å². The van der Waals surface area contributed by atoms with Crippen LogP contribution in [0.3, 0.4) is 0 Å². The molecule has 2 rings (SSSR count). The van der Waals surface area contributed by atoms with Gasteiger partial charge in [-0.2, -0.15) is 0 Å². The molecular formula is C15H20N2O4. The highest BCUT2D eigenvalue weighted by Gasteiger charge is 2.38. The number of rotatable bonds is 5. The van der Waals surface area contributed by atoms with E-state index in [0.717, 1.165) is 19.3 Å². The van der Waals surface area contributed by atoms with E-state index < -0.39 is 4.92 Å². The van der Waals surface area contributed by atoms with Gasteiger partial charge in [-0.3, -0.25) is 14.9 Å². The number of non-ortho nitro benzene ring substituents is 1. The van der Waals surface area contributed by atoms with Gasteiger partial charge in [0.1, 0.15) is 0 Å². The highest BCUT2D eigenvalue weighted by molar-refractivity contribution is 5.79. The molecule has 21 heavy (non-hydrogen) atoms. The van der Waals surface area contributed by atoms with Crippen molar-refractivity contribution in [2.45, 2.75) is 38.6 Å². The lowest BCUT2D eigenvalue weighted by Crippen LogP contribution is -2.45. The molecule has 0 heterocycles. The molecule has 2 N–H and O–H groups in total. The van der Waals surface area contributed by atoms with E-state index in [9.17, 15) is 20.0 Å². The van der Waals surface area contributed by atoms with Crippen molar-refractivity contribution in [1.82, 2.24) is 5.32 Å². The van der Waals surface area contributed by atoms with Crippen molar-refractivity contribution >= 4 is 11.6 Å². The van der Waals surface area contributed by atoms with E-state index in [-0.39, 0.29) is 36.1 Å². The second-order valence-electron chi connectivity index (χ2n) is 5.93. The Morgan fingerprint density at radius 1 is 1.57 bits per heavy atom. The molecule has 1 saturated carbocycles. The number of aliphatic hydroxyl groups is 1. The fourth-order valence-electron chi connectivity index (χ4n) is 2.88. The quantitative estimate of drug-likeness (QED) is 0.639. The Morgan fingerprint density at radius 3 is 3.00 bits per heavy atom. The van der Waals surface area contributed by atoms with Crippen LogP contribution in [0.2, 0.25) is 0 Å². The summed E-state index contributed by atoms with van der Waals surface area (Å²) in [5, 5.41) is 23.1. The fraction of sp³-hybridized carbons (Fsp3) is 0.533. The van der Waals surface area contributed by atoms with Crippen molar-refractivity contribution in [2.75, 3.05) is 6.61 Å². The Hall–Kier alpha value is -1.95. The summed E-state index contributed by atoms with van der Waals surface area (Å²) < 4.78 is 0. The minimum Gasteiger partial charge on any atom is -0.396 e. The number of nitro groups is 1. The molecule has 6 nitrogen and oxygen atoms in total. The maximum absolute atomic E-state index is 12.1. The Morgan fingerprint density at radius 2 is 2.33 bits per heavy atom. The number of nitro benzene ring substituents is 1. The van der Waals surface area contributed by atoms with E-state index in [1.807, 2.05) is 6.92 Å². The van der Waals surface area contributed by atoms with Crippen LogP contribution in [-0.4, -0.2) is 28.6 Å². The van der Waals surface area contributed by atoms with Gasteiger partial charge in [-0.15, -0.1) is 0 Å². The lowest BCUT2D eigenvalue weighted by molar-refractivity contribution is -0.384. The summed E-state index contributed by atoms with van der Waals surface area (Å²) >= 11 is 0. The van der Waals surface area contributed by atoms with Crippen molar-refractivity contribution in [3.8, 4) is 0 Å². The summed E-state index contributed by atoms with van der Waals surface area (Å²) in [6.45, 7) is 2.02. The number of aliphatic hydroxyl groups excluding tert-OH is 1. The van der Waals surface area contributed by atoms with Crippen molar-refractivity contribution in [3.05, 3.63) is 39.9 Å². The standard InChI is InChI=1S/C15H20N2O4/c1-15(10-18)7-3-6-13(15)16-14(19)9-11-4-2-5-12(8-11)17(20)21/h2,4-5,8,13,18H,3,6-7,9-10H2,1H3,(H,16,19)/t13-,15-/m1/s1. The van der Waals surface area contributed by atoms with E-state index in [1.165, 1.54) is 12.1 Å². The fourth-order valence-corrected chi connectivity index (χ4v) is 2.88. The molecule has 0 aliphatic heterocycles. The van der Waals surface area contributed by atoms with Gasteiger partial charge in [0.2, 0.25) is 5.91 Å². The minimum atomic E-state index is -0.471. The second kappa shape index (κ2) is 6.22. The number of hydrogen-bond acceptors (Lipinski definition) is 4. The molecule has 0 aromatic heterocycles. The van der Waals surface area contributed by atoms with E-state index in [0.29, 0.717) is 5.56 Å². The Kier molecular flexibility index (Phi) is 4.57. The number of nitrogens with one attached hydrogen (secondary N) is 1. The first-order valence-electron chi connectivity index (χ1n) is 7.08. The van der Waals surface area contributed by atoms with Gasteiger partial charge in [0.15, 0.2) is 0 Å². The highest BCUT2D eigenvalue weighted by Crippen LogP contribution is 2.37. The van der Waals surface area contributed by atoms with Crippen molar-refractivity contribution < 1.29 is 14.8 Å². The molecule has 6 heteroatoms. The van der Waals surface area contributed by atoms with Gasteiger partial charge in [-0.25, -0.2) is 0 Å². The van der Waals surface area contributed by atoms with E-state index in [4.69, 9.17) is 0 Å². The summed E-state index contributed by atoms with van der Waals surface area (Å²) in [6, 6.07) is 6.06. The normalized spacial score (nSPS) is 24.8. The lowest BCUT2D eigenvalue weighted by atomic mass is 9.85. The third kappa shape index (κ3) is 3.58. The van der Waals surface area contributed by atoms with Crippen LogP contribution >= 0.6 is 0 Å². The van der Waals surface area contributed by atoms with Crippen molar-refractivity contribution in [3.63, 3.8) is 0 Å². The van der Waals surface area contributed by atoms with Gasteiger partial charge in [0.25, 0.3) is 5.69 Å². The second-order valence-corrected chi connectivity index (χ2v) is 5.93. The molecule has 1 amide bonds. The van der Waals surface area contributed by atoms with Crippen LogP contribution in [0, 0.1) is 15.5 Å². The van der Waals surface area contributed by atoms with Crippen LogP contribution in [-0.2, 0) is 11.2 Å². The molecule has 1 aromatic carbocycles. The molecule has 0 spiro atoms. The zero-order valence-electron chi connectivity index (χ0n) is 12.0. The topological polar surface area (TPSA) is 92.5 Å². The van der Waals surface area contributed by atoms with E-state index >= 15 is 0 Å². The monoisotopic (exact) mass is 292 g/mol. The summed E-state index contributed by atoms with van der Waals surface area (Å²) in [7, 11) is 0. The smallest absolute Gasteiger partial charge is 0.269 e. The summed E-state index contributed by atoms with van der Waals surface area (Å²) in [5.74, 6) is -0.165. The first kappa shape index (κ1) is 15.4. The Balaban J connectivity index is 1.99. The average Bonchev–Trinajstić information content (AvgIpc) is 2.81. The molecule has 1 aliphatic carbocycles. The van der Waals surface area contributed by atoms with Gasteiger partial charge < -0.3 is 10.4 Å². The molecule has 1 aromatic rings. The van der Waals surface area contributed by atoms with E-state index in [1.54, 1.807) is 12.1 Å². The average molecular weight is 292 g/mol. The van der Waals surface area contributed by atoms with Gasteiger partial charge in [0.05, 0.1) is 18.0 Å². The van der Waals surface area contributed by atoms with Gasteiger partial charge in [0, 0.05) is 23.6 Å². The third-order valence-electron chi connectivity index (χ3n) is 4.26. The molecule has 0 radical (unpaired) electrons. The van der Waals surface area contributed by atoms with Crippen LogP contribution < -0.4 is 5.32 Å². The predicted octanol–water partition coefficient (Wildman–Crippen LogP) is 1.80. The van der Waals surface area contributed by atoms with E-state index in [2.05, 4.69) is 5.32 Å². The number of amides is 1. The zero-order chi connectivity index (χ0) is 15.5. The first-order chi connectivity index (χ1) is 9.94. The van der Waals surface area contributed by atoms with Crippen LogP contribution in [0.1, 0.15) is 31.7 Å². The van der Waals surface area contributed by atoms with Crippen LogP contribution in [0.15, 0.2) is 24.3 Å². The van der Waals surface area contributed by atoms with Crippen molar-refractivity contribution in [1.29, 1.82) is 0 Å². The molecule has 114 valence electrons. The summed E-state index contributed by atoms with van der Waals surface area (Å²) in [4.78, 5) is 22.3. The Bertz CT molecular complexity index is 546. The first-order valence-corrected chi connectivity index (χ1v) is 7.08. The van der Waals surface area contributed by atoms with Gasteiger partial charge >= 0.3 is 0 Å².